The topological polar surface area (TPSA) is 78.4 Å². The van der Waals surface area contributed by atoms with E-state index in [2.05, 4.69) is 4.84 Å². The Morgan fingerprint density at radius 1 is 1.38 bits per heavy atom. The minimum absolute atomic E-state index is 0.126. The molecule has 0 atom stereocenters. The van der Waals surface area contributed by atoms with E-state index in [1.54, 1.807) is 0 Å². The van der Waals surface area contributed by atoms with Gasteiger partial charge in [0.1, 0.15) is 5.60 Å². The molecule has 0 unspecified atom stereocenters. The van der Waals surface area contributed by atoms with Gasteiger partial charge in [-0.1, -0.05) is 0 Å². The fourth-order valence-electron chi connectivity index (χ4n) is 1.23. The van der Waals surface area contributed by atoms with Crippen molar-refractivity contribution in [1.82, 2.24) is 0 Å². The quantitative estimate of drug-likeness (QED) is 0.638. The van der Waals surface area contributed by atoms with Crippen LogP contribution in [0.5, 0.6) is 0 Å². The van der Waals surface area contributed by atoms with Crippen molar-refractivity contribution < 1.29 is 18.5 Å². The summed E-state index contributed by atoms with van der Waals surface area (Å²) < 4.78 is 25.9. The largest absolute Gasteiger partial charge is 0.294 e. The average molecular weight is 232 g/mol. The summed E-state index contributed by atoms with van der Waals surface area (Å²) in [6.45, 7) is 2.82. The number of nitro groups is 1. The summed E-state index contributed by atoms with van der Waals surface area (Å²) in [4.78, 5) is 14.4. The van der Waals surface area contributed by atoms with Gasteiger partial charge in [0.2, 0.25) is 0 Å². The summed E-state index contributed by atoms with van der Waals surface area (Å²) in [5.41, 5.74) is -1.98. The molecule has 0 saturated heterocycles. The van der Waals surface area contributed by atoms with Crippen LogP contribution in [0.1, 0.15) is 19.4 Å². The van der Waals surface area contributed by atoms with E-state index >= 15 is 0 Å². The van der Waals surface area contributed by atoms with Crippen LogP contribution in [0.15, 0.2) is 12.1 Å². The molecule has 0 amide bonds. The lowest BCUT2D eigenvalue weighted by molar-refractivity contribution is -0.387. The molecule has 0 bridgehead atoms. The lowest BCUT2D eigenvalue weighted by Gasteiger charge is -2.21. The lowest BCUT2D eigenvalue weighted by atomic mass is 9.96. The molecule has 88 valence electrons. The summed E-state index contributed by atoms with van der Waals surface area (Å²) in [6.07, 6.45) is 0. The molecular weight excluding hydrogens is 222 g/mol. The van der Waals surface area contributed by atoms with Crippen molar-refractivity contribution in [3.8, 4) is 0 Å². The van der Waals surface area contributed by atoms with Gasteiger partial charge in [0, 0.05) is 0 Å². The fourth-order valence-corrected chi connectivity index (χ4v) is 1.23. The van der Waals surface area contributed by atoms with Crippen LogP contribution >= 0.6 is 0 Å². The van der Waals surface area contributed by atoms with Gasteiger partial charge in [-0.15, -0.1) is 0 Å². The summed E-state index contributed by atoms with van der Waals surface area (Å²) in [5, 5.41) is 10.7. The zero-order valence-corrected chi connectivity index (χ0v) is 8.66. The molecule has 1 rings (SSSR count). The number of nitrogens with two attached hydrogens (primary N) is 1. The molecule has 7 heteroatoms. The number of hydrogen-bond acceptors (Lipinski definition) is 4. The van der Waals surface area contributed by atoms with Gasteiger partial charge >= 0.3 is 0 Å². The Kier molecular flexibility index (Phi) is 3.20. The van der Waals surface area contributed by atoms with E-state index in [4.69, 9.17) is 5.90 Å². The highest BCUT2D eigenvalue weighted by Crippen LogP contribution is 2.32. The molecule has 2 N–H and O–H groups in total. The normalized spacial score (nSPS) is 11.6. The van der Waals surface area contributed by atoms with Gasteiger partial charge in [-0.05, 0) is 19.9 Å². The van der Waals surface area contributed by atoms with Crippen LogP contribution in [-0.2, 0) is 10.4 Å². The Hall–Kier alpha value is -1.60. The molecule has 0 aromatic heterocycles. The van der Waals surface area contributed by atoms with E-state index in [1.807, 2.05) is 0 Å². The first-order chi connectivity index (χ1) is 7.29. The Morgan fingerprint density at radius 3 is 2.31 bits per heavy atom. The first kappa shape index (κ1) is 12.5. The summed E-state index contributed by atoms with van der Waals surface area (Å²) in [7, 11) is 0. The highest BCUT2D eigenvalue weighted by Gasteiger charge is 2.31. The van der Waals surface area contributed by atoms with Crippen molar-refractivity contribution >= 4 is 5.69 Å². The molecule has 0 aliphatic heterocycles. The highest BCUT2D eigenvalue weighted by molar-refractivity contribution is 5.44. The second-order valence-electron chi connectivity index (χ2n) is 3.67. The van der Waals surface area contributed by atoms with Crippen LogP contribution in [-0.4, -0.2) is 4.92 Å². The van der Waals surface area contributed by atoms with Gasteiger partial charge in [-0.3, -0.25) is 15.0 Å². The minimum Gasteiger partial charge on any atom is -0.294 e. The van der Waals surface area contributed by atoms with Gasteiger partial charge < -0.3 is 0 Å². The van der Waals surface area contributed by atoms with Crippen LogP contribution in [0, 0.1) is 21.7 Å². The Balaban J connectivity index is 3.48. The molecule has 16 heavy (non-hydrogen) atoms. The number of nitro benzene ring substituents is 1. The van der Waals surface area contributed by atoms with E-state index in [0.717, 1.165) is 0 Å². The van der Waals surface area contributed by atoms with Crippen molar-refractivity contribution in [2.24, 2.45) is 5.90 Å². The second-order valence-corrected chi connectivity index (χ2v) is 3.67. The van der Waals surface area contributed by atoms with Gasteiger partial charge in [0.25, 0.3) is 5.69 Å². The van der Waals surface area contributed by atoms with Crippen LogP contribution in [0.25, 0.3) is 0 Å². The van der Waals surface area contributed by atoms with E-state index in [-0.39, 0.29) is 5.56 Å². The average Bonchev–Trinajstić information content (AvgIpc) is 2.21. The lowest BCUT2D eigenvalue weighted by Crippen LogP contribution is -2.26. The minimum atomic E-state index is -1.29. The molecule has 0 radical (unpaired) electrons. The standard InChI is InChI=1S/C9H10F2N2O3/c1-9(2,16-12)5-3-6(10)7(11)4-8(5)13(14)15/h3-4H,12H2,1-2H3. The number of hydrogen-bond donors (Lipinski definition) is 1. The highest BCUT2D eigenvalue weighted by atomic mass is 19.2. The summed E-state index contributed by atoms with van der Waals surface area (Å²) >= 11 is 0. The Morgan fingerprint density at radius 2 is 1.88 bits per heavy atom. The fraction of sp³-hybridized carbons (Fsp3) is 0.333. The zero-order chi connectivity index (χ0) is 12.5. The molecule has 0 aliphatic rings. The maximum Gasteiger partial charge on any atom is 0.278 e. The SMILES string of the molecule is CC(C)(ON)c1cc(F)c(F)cc1[N+](=O)[O-]. The molecule has 5 nitrogen and oxygen atoms in total. The third kappa shape index (κ3) is 2.15. The third-order valence-corrected chi connectivity index (χ3v) is 2.18. The smallest absolute Gasteiger partial charge is 0.278 e. The molecule has 0 saturated carbocycles. The predicted molar refractivity (Wildman–Crippen MR) is 51.3 cm³/mol. The first-order valence-corrected chi connectivity index (χ1v) is 4.31. The van der Waals surface area contributed by atoms with Crippen LogP contribution < -0.4 is 5.90 Å². The third-order valence-electron chi connectivity index (χ3n) is 2.18. The number of benzene rings is 1. The van der Waals surface area contributed by atoms with Crippen molar-refractivity contribution in [2.45, 2.75) is 19.4 Å². The van der Waals surface area contributed by atoms with E-state index in [0.29, 0.717) is 12.1 Å². The molecule has 0 fully saturated rings. The molecule has 1 aromatic carbocycles. The number of nitrogens with zero attached hydrogens (tertiary/aromatic N) is 1. The van der Waals surface area contributed by atoms with E-state index in [9.17, 15) is 18.9 Å². The molecule has 0 spiro atoms. The number of rotatable bonds is 3. The second kappa shape index (κ2) is 4.11. The van der Waals surface area contributed by atoms with Gasteiger partial charge in [0.15, 0.2) is 11.6 Å². The van der Waals surface area contributed by atoms with Crippen molar-refractivity contribution in [2.75, 3.05) is 0 Å². The maximum absolute atomic E-state index is 13.0. The van der Waals surface area contributed by atoms with E-state index < -0.39 is 27.8 Å². The van der Waals surface area contributed by atoms with E-state index in [1.165, 1.54) is 13.8 Å². The van der Waals surface area contributed by atoms with Gasteiger partial charge in [0.05, 0.1) is 16.6 Å². The first-order valence-electron chi connectivity index (χ1n) is 4.31. The predicted octanol–water partition coefficient (Wildman–Crippen LogP) is 2.00. The van der Waals surface area contributed by atoms with Crippen molar-refractivity contribution in [3.05, 3.63) is 39.4 Å². The molecular formula is C9H10F2N2O3. The summed E-state index contributed by atoms with van der Waals surface area (Å²) in [6, 6.07) is 1.21. The van der Waals surface area contributed by atoms with Crippen LogP contribution in [0.4, 0.5) is 14.5 Å². The van der Waals surface area contributed by atoms with Gasteiger partial charge in [-0.25, -0.2) is 14.7 Å². The summed E-state index contributed by atoms with van der Waals surface area (Å²) in [5.74, 6) is 2.48. The van der Waals surface area contributed by atoms with Crippen molar-refractivity contribution in [1.29, 1.82) is 0 Å². The Labute approximate surface area is 89.9 Å². The Bertz CT molecular complexity index is 435. The molecule has 1 aromatic rings. The molecule has 0 aliphatic carbocycles. The van der Waals surface area contributed by atoms with Crippen LogP contribution in [0.2, 0.25) is 0 Å². The van der Waals surface area contributed by atoms with Gasteiger partial charge in [-0.2, -0.15) is 0 Å². The van der Waals surface area contributed by atoms with Crippen molar-refractivity contribution in [3.63, 3.8) is 0 Å². The molecule has 0 heterocycles. The number of halogens is 2. The zero-order valence-electron chi connectivity index (χ0n) is 8.66. The van der Waals surface area contributed by atoms with Crippen LogP contribution in [0.3, 0.4) is 0 Å². The monoisotopic (exact) mass is 232 g/mol. The maximum atomic E-state index is 13.0.